The average Bonchev–Trinajstić information content (AvgIpc) is 2.35. The van der Waals surface area contributed by atoms with E-state index >= 15 is 0 Å². The van der Waals surface area contributed by atoms with Gasteiger partial charge >= 0.3 is 0 Å². The van der Waals surface area contributed by atoms with Crippen molar-refractivity contribution in [3.05, 3.63) is 35.4 Å². The normalized spacial score (nSPS) is 14.2. The van der Waals surface area contributed by atoms with E-state index in [-0.39, 0.29) is 5.91 Å². The molecule has 1 aromatic rings. The van der Waals surface area contributed by atoms with E-state index in [2.05, 4.69) is 0 Å². The quantitative estimate of drug-likeness (QED) is 0.678. The van der Waals surface area contributed by atoms with Crippen molar-refractivity contribution in [2.45, 2.75) is 12.2 Å². The lowest BCUT2D eigenvalue weighted by molar-refractivity contribution is -0.0152. The van der Waals surface area contributed by atoms with Gasteiger partial charge in [-0.2, -0.15) is 0 Å². The van der Waals surface area contributed by atoms with Crippen molar-refractivity contribution in [2.24, 2.45) is 0 Å². The number of aliphatic hydroxyl groups excluding tert-OH is 3. The zero-order chi connectivity index (χ0) is 13.0. The van der Waals surface area contributed by atoms with E-state index in [1.165, 1.54) is 11.0 Å². The van der Waals surface area contributed by atoms with Crippen molar-refractivity contribution in [3.8, 4) is 0 Å². The van der Waals surface area contributed by atoms with Crippen LogP contribution < -0.4 is 0 Å². The zero-order valence-corrected chi connectivity index (χ0v) is 9.87. The highest BCUT2D eigenvalue weighted by Gasteiger charge is 2.18. The molecule has 0 fully saturated rings. The van der Waals surface area contributed by atoms with Gasteiger partial charge in [-0.3, -0.25) is 4.79 Å². The third kappa shape index (κ3) is 3.26. The summed E-state index contributed by atoms with van der Waals surface area (Å²) in [7, 11) is 3.27. The highest BCUT2D eigenvalue weighted by atomic mass is 16.4. The van der Waals surface area contributed by atoms with Gasteiger partial charge in [0.25, 0.3) is 5.91 Å². The minimum atomic E-state index is -1.25. The van der Waals surface area contributed by atoms with Gasteiger partial charge in [0, 0.05) is 19.7 Å². The summed E-state index contributed by atoms with van der Waals surface area (Å²) in [6, 6.07) is 6.35. The Morgan fingerprint density at radius 3 is 2.53 bits per heavy atom. The summed E-state index contributed by atoms with van der Waals surface area (Å²) in [6.07, 6.45) is -2.45. The first-order valence-electron chi connectivity index (χ1n) is 5.26. The molecule has 1 rings (SSSR count). The number of hydrogen-bond donors (Lipinski definition) is 3. The lowest BCUT2D eigenvalue weighted by Gasteiger charge is -2.17. The maximum Gasteiger partial charge on any atom is 0.253 e. The van der Waals surface area contributed by atoms with Gasteiger partial charge in [-0.1, -0.05) is 12.1 Å². The third-order valence-corrected chi connectivity index (χ3v) is 2.43. The fourth-order valence-electron chi connectivity index (χ4n) is 1.44. The number of nitrogens with zero attached hydrogens (tertiary/aromatic N) is 1. The molecule has 1 aromatic carbocycles. The summed E-state index contributed by atoms with van der Waals surface area (Å²) in [5, 5.41) is 27.8. The van der Waals surface area contributed by atoms with Crippen molar-refractivity contribution < 1.29 is 20.1 Å². The van der Waals surface area contributed by atoms with Gasteiger partial charge < -0.3 is 20.2 Å². The second kappa shape index (κ2) is 5.77. The molecule has 3 N–H and O–H groups in total. The summed E-state index contributed by atoms with van der Waals surface area (Å²) >= 11 is 0. The van der Waals surface area contributed by atoms with Crippen molar-refractivity contribution in [3.63, 3.8) is 0 Å². The Labute approximate surface area is 99.9 Å². The van der Waals surface area contributed by atoms with Gasteiger partial charge in [-0.15, -0.1) is 0 Å². The van der Waals surface area contributed by atoms with Gasteiger partial charge in [0.05, 0.1) is 6.61 Å². The van der Waals surface area contributed by atoms with Gasteiger partial charge in [0.15, 0.2) is 0 Å². The molecule has 0 aliphatic carbocycles. The molecule has 0 heterocycles. The van der Waals surface area contributed by atoms with Crippen LogP contribution >= 0.6 is 0 Å². The highest BCUT2D eigenvalue weighted by molar-refractivity contribution is 5.94. The van der Waals surface area contributed by atoms with Gasteiger partial charge in [0.2, 0.25) is 0 Å². The molecular weight excluding hydrogens is 222 g/mol. The van der Waals surface area contributed by atoms with Crippen LogP contribution in [0.2, 0.25) is 0 Å². The second-order valence-electron chi connectivity index (χ2n) is 4.02. The van der Waals surface area contributed by atoms with Crippen LogP contribution in [0.1, 0.15) is 22.0 Å². The Morgan fingerprint density at radius 2 is 2.00 bits per heavy atom. The Kier molecular flexibility index (Phi) is 4.62. The van der Waals surface area contributed by atoms with Gasteiger partial charge in [0.1, 0.15) is 12.2 Å². The SMILES string of the molecule is CN(C)C(=O)c1cccc(C(O)C(O)CO)c1. The molecule has 2 atom stereocenters. The van der Waals surface area contributed by atoms with Crippen molar-refractivity contribution in [1.29, 1.82) is 0 Å². The van der Waals surface area contributed by atoms with E-state index < -0.39 is 18.8 Å². The zero-order valence-electron chi connectivity index (χ0n) is 9.87. The largest absolute Gasteiger partial charge is 0.394 e. The number of aliphatic hydroxyl groups is 3. The summed E-state index contributed by atoms with van der Waals surface area (Å²) in [6.45, 7) is -0.535. The van der Waals surface area contributed by atoms with Crippen LogP contribution in [0.4, 0.5) is 0 Å². The van der Waals surface area contributed by atoms with Crippen LogP contribution in [0.3, 0.4) is 0 Å². The van der Waals surface area contributed by atoms with E-state index in [4.69, 9.17) is 5.11 Å². The lowest BCUT2D eigenvalue weighted by Crippen LogP contribution is -2.24. The number of benzene rings is 1. The number of hydrogen-bond acceptors (Lipinski definition) is 4. The number of rotatable bonds is 4. The maximum atomic E-state index is 11.7. The van der Waals surface area contributed by atoms with Crippen LogP contribution in [0.5, 0.6) is 0 Å². The molecule has 0 saturated carbocycles. The molecule has 0 aliphatic rings. The van der Waals surface area contributed by atoms with Gasteiger partial charge in [-0.25, -0.2) is 0 Å². The molecule has 5 nitrogen and oxygen atoms in total. The minimum Gasteiger partial charge on any atom is -0.394 e. The molecule has 94 valence electrons. The lowest BCUT2D eigenvalue weighted by atomic mass is 10.0. The van der Waals surface area contributed by atoms with E-state index in [1.54, 1.807) is 32.3 Å². The first kappa shape index (κ1) is 13.6. The third-order valence-electron chi connectivity index (χ3n) is 2.43. The smallest absolute Gasteiger partial charge is 0.253 e. The summed E-state index contributed by atoms with van der Waals surface area (Å²) in [4.78, 5) is 13.1. The van der Waals surface area contributed by atoms with Crippen LogP contribution in [-0.2, 0) is 0 Å². The standard InChI is InChI=1S/C12H17NO4/c1-13(2)12(17)9-5-3-4-8(6-9)11(16)10(15)7-14/h3-6,10-11,14-16H,7H2,1-2H3. The Hall–Kier alpha value is -1.43. The molecule has 2 unspecified atom stereocenters. The topological polar surface area (TPSA) is 81.0 Å². The average molecular weight is 239 g/mol. The summed E-state index contributed by atoms with van der Waals surface area (Å²) < 4.78 is 0. The molecule has 0 bridgehead atoms. The molecule has 0 spiro atoms. The number of carbonyl (C=O) groups is 1. The molecule has 1 amide bonds. The predicted octanol–water partition coefficient (Wildman–Crippen LogP) is -0.225. The van der Waals surface area contributed by atoms with E-state index in [0.717, 1.165) is 0 Å². The Bertz CT molecular complexity index is 392. The maximum absolute atomic E-state index is 11.7. The van der Waals surface area contributed by atoms with Crippen LogP contribution in [0.25, 0.3) is 0 Å². The summed E-state index contributed by atoms with van der Waals surface area (Å²) in [5.41, 5.74) is 0.830. The molecule has 5 heteroatoms. The van der Waals surface area contributed by atoms with Crippen LogP contribution in [0.15, 0.2) is 24.3 Å². The van der Waals surface area contributed by atoms with Crippen molar-refractivity contribution in [2.75, 3.05) is 20.7 Å². The fraction of sp³-hybridized carbons (Fsp3) is 0.417. The van der Waals surface area contributed by atoms with Crippen molar-refractivity contribution in [1.82, 2.24) is 4.90 Å². The first-order chi connectivity index (χ1) is 7.97. The van der Waals surface area contributed by atoms with E-state index in [9.17, 15) is 15.0 Å². The number of carbonyl (C=O) groups excluding carboxylic acids is 1. The molecule has 0 aliphatic heterocycles. The Morgan fingerprint density at radius 1 is 1.35 bits per heavy atom. The molecule has 0 saturated heterocycles. The number of amides is 1. The molecule has 0 aromatic heterocycles. The van der Waals surface area contributed by atoms with Crippen LogP contribution in [-0.4, -0.2) is 52.9 Å². The van der Waals surface area contributed by atoms with E-state index in [1.807, 2.05) is 0 Å². The predicted molar refractivity (Wildman–Crippen MR) is 62.5 cm³/mol. The summed E-state index contributed by atoms with van der Waals surface area (Å²) in [5.74, 6) is -0.183. The first-order valence-corrected chi connectivity index (χ1v) is 5.26. The van der Waals surface area contributed by atoms with Gasteiger partial charge in [-0.05, 0) is 17.7 Å². The monoisotopic (exact) mass is 239 g/mol. The van der Waals surface area contributed by atoms with E-state index in [0.29, 0.717) is 11.1 Å². The molecule has 17 heavy (non-hydrogen) atoms. The molecule has 0 radical (unpaired) electrons. The minimum absolute atomic E-state index is 0.183. The highest BCUT2D eigenvalue weighted by Crippen LogP contribution is 2.18. The Balaban J connectivity index is 2.97. The van der Waals surface area contributed by atoms with Crippen molar-refractivity contribution >= 4 is 5.91 Å². The fourth-order valence-corrected chi connectivity index (χ4v) is 1.44. The van der Waals surface area contributed by atoms with Crippen LogP contribution in [0, 0.1) is 0 Å². The molecular formula is C12H17NO4. The second-order valence-corrected chi connectivity index (χ2v) is 4.02.